The van der Waals surface area contributed by atoms with Crippen LogP contribution in [0, 0.1) is 5.82 Å². The molecule has 2 N–H and O–H groups in total. The van der Waals surface area contributed by atoms with E-state index >= 15 is 0 Å². The number of nitrogens with one attached hydrogen (secondary N) is 1. The van der Waals surface area contributed by atoms with Crippen LogP contribution in [-0.2, 0) is 4.79 Å². The lowest BCUT2D eigenvalue weighted by Gasteiger charge is -2.15. The molecule has 0 aromatic heterocycles. The number of halogens is 2. The van der Waals surface area contributed by atoms with Crippen LogP contribution in [0.2, 0.25) is 5.02 Å². The fraction of sp³-hybridized carbons (Fsp3) is 0.462. The number of hydrogen-bond donors (Lipinski definition) is 2. The summed E-state index contributed by atoms with van der Waals surface area (Å²) in [5.41, 5.74) is 0. The number of rotatable bonds is 7. The Morgan fingerprint density at radius 1 is 1.58 bits per heavy atom. The summed E-state index contributed by atoms with van der Waals surface area (Å²) < 4.78 is 18.1. The second-order valence-corrected chi connectivity index (χ2v) is 4.46. The summed E-state index contributed by atoms with van der Waals surface area (Å²) in [6.07, 6.45) is 1.24. The minimum atomic E-state index is -0.535. The third-order valence-corrected chi connectivity index (χ3v) is 2.89. The van der Waals surface area contributed by atoms with E-state index in [2.05, 4.69) is 5.32 Å². The van der Waals surface area contributed by atoms with Crippen molar-refractivity contribution in [3.8, 4) is 5.75 Å². The Hall–Kier alpha value is -1.33. The lowest BCUT2D eigenvalue weighted by Crippen LogP contribution is -2.38. The number of carbonyl (C=O) groups excluding carboxylic acids is 1. The average Bonchev–Trinajstić information content (AvgIpc) is 2.39. The summed E-state index contributed by atoms with van der Waals surface area (Å²) in [5, 5.41) is 11.5. The van der Waals surface area contributed by atoms with Crippen molar-refractivity contribution in [3.05, 3.63) is 29.0 Å². The van der Waals surface area contributed by atoms with E-state index in [0.717, 1.165) is 6.42 Å². The molecule has 0 heterocycles. The molecule has 0 saturated heterocycles. The van der Waals surface area contributed by atoms with E-state index in [1.165, 1.54) is 18.2 Å². The Morgan fingerprint density at radius 3 is 2.89 bits per heavy atom. The zero-order chi connectivity index (χ0) is 14.3. The second-order valence-electron chi connectivity index (χ2n) is 4.05. The molecule has 0 bridgehead atoms. The summed E-state index contributed by atoms with van der Waals surface area (Å²) >= 11 is 5.59. The minimum Gasteiger partial charge on any atom is -0.484 e. The van der Waals surface area contributed by atoms with Gasteiger partial charge in [0, 0.05) is 18.7 Å². The smallest absolute Gasteiger partial charge is 0.258 e. The number of hydrogen-bond acceptors (Lipinski definition) is 3. The number of aliphatic hydroxyl groups is 1. The molecule has 0 fully saturated rings. The lowest BCUT2D eigenvalue weighted by molar-refractivity contribution is -0.123. The molecule has 0 radical (unpaired) electrons. The fourth-order valence-corrected chi connectivity index (χ4v) is 1.69. The molecule has 1 aromatic carbocycles. The molecule has 19 heavy (non-hydrogen) atoms. The topological polar surface area (TPSA) is 58.6 Å². The van der Waals surface area contributed by atoms with Crippen molar-refractivity contribution >= 4 is 17.5 Å². The maximum absolute atomic E-state index is 12.9. The van der Waals surface area contributed by atoms with E-state index in [0.29, 0.717) is 12.2 Å². The van der Waals surface area contributed by atoms with Crippen LogP contribution in [0.25, 0.3) is 0 Å². The Bertz CT molecular complexity index is 428. The number of benzene rings is 1. The Balaban J connectivity index is 2.43. The van der Waals surface area contributed by atoms with E-state index in [-0.39, 0.29) is 30.2 Å². The standard InChI is InChI=1S/C13H17ClFNO3/c1-2-9(5-6-17)16-13(18)8-19-10-3-4-12(15)11(14)7-10/h3-4,7,9,17H,2,5-6,8H2,1H3,(H,16,18). The molecule has 1 rings (SSSR count). The number of amides is 1. The lowest BCUT2D eigenvalue weighted by atomic mass is 10.1. The van der Waals surface area contributed by atoms with Crippen molar-refractivity contribution in [3.63, 3.8) is 0 Å². The predicted octanol–water partition coefficient (Wildman–Crippen LogP) is 2.14. The first-order valence-corrected chi connectivity index (χ1v) is 6.42. The molecule has 4 nitrogen and oxygen atoms in total. The van der Waals surface area contributed by atoms with Crippen LogP contribution in [0.15, 0.2) is 18.2 Å². The van der Waals surface area contributed by atoms with Crippen molar-refractivity contribution in [2.75, 3.05) is 13.2 Å². The summed E-state index contributed by atoms with van der Waals surface area (Å²) in [5.74, 6) is -0.495. The van der Waals surface area contributed by atoms with Gasteiger partial charge in [-0.1, -0.05) is 18.5 Å². The quantitative estimate of drug-likeness (QED) is 0.808. The zero-order valence-corrected chi connectivity index (χ0v) is 11.4. The van der Waals surface area contributed by atoms with E-state index in [9.17, 15) is 9.18 Å². The zero-order valence-electron chi connectivity index (χ0n) is 10.7. The van der Waals surface area contributed by atoms with Crippen molar-refractivity contribution in [1.29, 1.82) is 0 Å². The van der Waals surface area contributed by atoms with Gasteiger partial charge in [-0.25, -0.2) is 4.39 Å². The van der Waals surface area contributed by atoms with Gasteiger partial charge < -0.3 is 15.2 Å². The maximum atomic E-state index is 12.9. The number of aliphatic hydroxyl groups excluding tert-OH is 1. The Morgan fingerprint density at radius 2 is 2.32 bits per heavy atom. The van der Waals surface area contributed by atoms with Crippen molar-refractivity contribution in [1.82, 2.24) is 5.32 Å². The molecule has 1 unspecified atom stereocenters. The van der Waals surface area contributed by atoms with Crippen LogP contribution in [0.1, 0.15) is 19.8 Å². The molecular weight excluding hydrogens is 273 g/mol. The first kappa shape index (κ1) is 15.7. The Labute approximate surface area is 116 Å². The highest BCUT2D eigenvalue weighted by Gasteiger charge is 2.10. The second kappa shape index (κ2) is 7.96. The van der Waals surface area contributed by atoms with Crippen LogP contribution in [0.4, 0.5) is 4.39 Å². The third-order valence-electron chi connectivity index (χ3n) is 2.60. The summed E-state index contributed by atoms with van der Waals surface area (Å²) in [7, 11) is 0. The largest absolute Gasteiger partial charge is 0.484 e. The Kier molecular flexibility index (Phi) is 6.59. The molecule has 1 aromatic rings. The predicted molar refractivity (Wildman–Crippen MR) is 70.8 cm³/mol. The highest BCUT2D eigenvalue weighted by molar-refractivity contribution is 6.30. The van der Waals surface area contributed by atoms with Crippen molar-refractivity contribution in [2.45, 2.75) is 25.8 Å². The number of ether oxygens (including phenoxy) is 1. The SMILES string of the molecule is CCC(CCO)NC(=O)COc1ccc(F)c(Cl)c1. The van der Waals surface area contributed by atoms with Crippen LogP contribution in [-0.4, -0.2) is 30.3 Å². The average molecular weight is 290 g/mol. The van der Waals surface area contributed by atoms with Gasteiger partial charge in [0.15, 0.2) is 6.61 Å². The monoisotopic (exact) mass is 289 g/mol. The summed E-state index contributed by atoms with van der Waals surface area (Å²) in [4.78, 5) is 11.6. The third kappa shape index (κ3) is 5.44. The summed E-state index contributed by atoms with van der Waals surface area (Å²) in [6.45, 7) is 1.76. The highest BCUT2D eigenvalue weighted by atomic mass is 35.5. The normalized spacial score (nSPS) is 12.0. The molecule has 0 aliphatic heterocycles. The van der Waals surface area contributed by atoms with Crippen LogP contribution < -0.4 is 10.1 Å². The van der Waals surface area contributed by atoms with Gasteiger partial charge in [-0.15, -0.1) is 0 Å². The molecule has 0 spiro atoms. The van der Waals surface area contributed by atoms with E-state index in [1.807, 2.05) is 6.92 Å². The maximum Gasteiger partial charge on any atom is 0.258 e. The molecule has 0 saturated carbocycles. The van der Waals surface area contributed by atoms with Gasteiger partial charge in [0.25, 0.3) is 5.91 Å². The first-order valence-electron chi connectivity index (χ1n) is 6.04. The van der Waals surface area contributed by atoms with Gasteiger partial charge in [0.2, 0.25) is 0 Å². The molecule has 106 valence electrons. The molecular formula is C13H17ClFNO3. The van der Waals surface area contributed by atoms with Crippen LogP contribution in [0.5, 0.6) is 5.75 Å². The number of carbonyl (C=O) groups is 1. The molecule has 1 amide bonds. The first-order chi connectivity index (χ1) is 9.06. The van der Waals surface area contributed by atoms with Crippen molar-refractivity contribution in [2.24, 2.45) is 0 Å². The molecule has 0 aliphatic carbocycles. The van der Waals surface area contributed by atoms with Gasteiger partial charge in [-0.3, -0.25) is 4.79 Å². The minimum absolute atomic E-state index is 0.0210. The van der Waals surface area contributed by atoms with Gasteiger partial charge in [-0.2, -0.15) is 0 Å². The summed E-state index contributed by atoms with van der Waals surface area (Å²) in [6, 6.07) is 3.82. The molecule has 1 atom stereocenters. The highest BCUT2D eigenvalue weighted by Crippen LogP contribution is 2.20. The van der Waals surface area contributed by atoms with Gasteiger partial charge in [0.1, 0.15) is 11.6 Å². The van der Waals surface area contributed by atoms with Gasteiger partial charge in [-0.05, 0) is 25.0 Å². The van der Waals surface area contributed by atoms with E-state index < -0.39 is 5.82 Å². The van der Waals surface area contributed by atoms with Crippen LogP contribution >= 0.6 is 11.6 Å². The van der Waals surface area contributed by atoms with E-state index in [1.54, 1.807) is 0 Å². The molecule has 0 aliphatic rings. The van der Waals surface area contributed by atoms with Crippen LogP contribution in [0.3, 0.4) is 0 Å². The van der Waals surface area contributed by atoms with Gasteiger partial charge in [0.05, 0.1) is 5.02 Å². The molecule has 6 heteroatoms. The van der Waals surface area contributed by atoms with Crippen molar-refractivity contribution < 1.29 is 19.0 Å². The van der Waals surface area contributed by atoms with Gasteiger partial charge >= 0.3 is 0 Å². The fourth-order valence-electron chi connectivity index (χ4n) is 1.52. The van der Waals surface area contributed by atoms with E-state index in [4.69, 9.17) is 21.4 Å².